The highest BCUT2D eigenvalue weighted by molar-refractivity contribution is 5.09. The van der Waals surface area contributed by atoms with Crippen LogP contribution in [-0.4, -0.2) is 11.0 Å². The first kappa shape index (κ1) is 17.1. The maximum absolute atomic E-state index is 5.66. The Morgan fingerprint density at radius 1 is 1.00 bits per heavy atom. The number of pyridine rings is 1. The van der Waals surface area contributed by atoms with Gasteiger partial charge in [-0.2, -0.15) is 0 Å². The first-order chi connectivity index (χ1) is 9.86. The molecule has 0 aliphatic rings. The minimum absolute atomic E-state index is 0.443. The highest BCUT2D eigenvalue weighted by Crippen LogP contribution is 2.12. The highest BCUT2D eigenvalue weighted by atomic mass is 15.2. The molecule has 0 aliphatic carbocycles. The van der Waals surface area contributed by atoms with Gasteiger partial charge in [0.15, 0.2) is 0 Å². The molecule has 0 saturated carbocycles. The van der Waals surface area contributed by atoms with Crippen LogP contribution in [0.1, 0.15) is 70.3 Å². The maximum Gasteiger partial charge on any atom is 0.0270 e. The van der Waals surface area contributed by atoms with Gasteiger partial charge in [0.2, 0.25) is 0 Å². The van der Waals surface area contributed by atoms with E-state index in [0.717, 1.165) is 12.8 Å². The molecule has 0 aromatic carbocycles. The predicted octanol–water partition coefficient (Wildman–Crippen LogP) is 3.99. The molecule has 0 spiro atoms. The van der Waals surface area contributed by atoms with E-state index < -0.39 is 0 Å². The van der Waals surface area contributed by atoms with E-state index in [-0.39, 0.29) is 0 Å². The summed E-state index contributed by atoms with van der Waals surface area (Å²) in [7, 11) is 0. The first-order valence-corrected chi connectivity index (χ1v) is 8.21. The van der Waals surface area contributed by atoms with Crippen molar-refractivity contribution in [3.8, 4) is 0 Å². The fourth-order valence-electron chi connectivity index (χ4n) is 2.55. The van der Waals surface area contributed by atoms with Crippen LogP contribution in [0.4, 0.5) is 0 Å². The van der Waals surface area contributed by atoms with Gasteiger partial charge in [-0.3, -0.25) is 16.3 Å². The Kier molecular flexibility index (Phi) is 10.2. The average molecular weight is 277 g/mol. The van der Waals surface area contributed by atoms with Crippen LogP contribution in [0, 0.1) is 0 Å². The first-order valence-electron chi connectivity index (χ1n) is 8.21. The zero-order valence-electron chi connectivity index (χ0n) is 13.0. The Hall–Kier alpha value is -0.930. The average Bonchev–Trinajstić information content (AvgIpc) is 2.50. The van der Waals surface area contributed by atoms with Crippen LogP contribution < -0.4 is 11.3 Å². The monoisotopic (exact) mass is 277 g/mol. The third kappa shape index (κ3) is 8.28. The molecule has 0 bridgehead atoms. The summed E-state index contributed by atoms with van der Waals surface area (Å²) in [5, 5.41) is 0. The van der Waals surface area contributed by atoms with Gasteiger partial charge in [-0.25, -0.2) is 0 Å². The standard InChI is InChI=1S/C17H31N3/c1-2-3-4-5-6-7-8-9-17(20-18)11-10-16-12-14-19-15-13-16/h12-15,17,20H,2-11,18H2,1H3. The third-order valence-electron chi connectivity index (χ3n) is 3.92. The van der Waals surface area contributed by atoms with Crippen molar-refractivity contribution < 1.29 is 0 Å². The molecule has 1 rings (SSSR count). The lowest BCUT2D eigenvalue weighted by molar-refractivity contribution is 0.438. The summed E-state index contributed by atoms with van der Waals surface area (Å²) in [6.07, 6.45) is 16.6. The van der Waals surface area contributed by atoms with E-state index in [1.165, 1.54) is 56.9 Å². The van der Waals surface area contributed by atoms with Gasteiger partial charge in [0.1, 0.15) is 0 Å². The molecule has 0 aliphatic heterocycles. The van der Waals surface area contributed by atoms with Crippen molar-refractivity contribution in [1.29, 1.82) is 0 Å². The van der Waals surface area contributed by atoms with Crippen molar-refractivity contribution in [2.75, 3.05) is 0 Å². The number of hydrazine groups is 1. The molecule has 0 amide bonds. The van der Waals surface area contributed by atoms with Crippen molar-refractivity contribution in [3.63, 3.8) is 0 Å². The summed E-state index contributed by atoms with van der Waals surface area (Å²) < 4.78 is 0. The normalized spacial score (nSPS) is 12.5. The third-order valence-corrected chi connectivity index (χ3v) is 3.92. The number of nitrogens with zero attached hydrogens (tertiary/aromatic N) is 1. The van der Waals surface area contributed by atoms with Gasteiger partial charge in [-0.05, 0) is 37.0 Å². The van der Waals surface area contributed by atoms with E-state index in [9.17, 15) is 0 Å². The van der Waals surface area contributed by atoms with Crippen molar-refractivity contribution in [1.82, 2.24) is 10.4 Å². The molecule has 0 fully saturated rings. The fourth-order valence-corrected chi connectivity index (χ4v) is 2.55. The van der Waals surface area contributed by atoms with E-state index in [0.29, 0.717) is 6.04 Å². The summed E-state index contributed by atoms with van der Waals surface area (Å²) in [5.41, 5.74) is 4.31. The topological polar surface area (TPSA) is 50.9 Å². The quantitative estimate of drug-likeness (QED) is 0.345. The summed E-state index contributed by atoms with van der Waals surface area (Å²) in [6, 6.07) is 4.61. The van der Waals surface area contributed by atoms with Crippen LogP contribution in [0.25, 0.3) is 0 Å². The number of nitrogens with one attached hydrogen (secondary N) is 1. The minimum Gasteiger partial charge on any atom is -0.271 e. The zero-order chi connectivity index (χ0) is 14.5. The molecule has 3 heteroatoms. The lowest BCUT2D eigenvalue weighted by atomic mass is 10.0. The van der Waals surface area contributed by atoms with Gasteiger partial charge in [0.05, 0.1) is 0 Å². The van der Waals surface area contributed by atoms with Crippen LogP contribution in [0.5, 0.6) is 0 Å². The molecular weight excluding hydrogens is 246 g/mol. The second kappa shape index (κ2) is 11.9. The summed E-state index contributed by atoms with van der Waals surface area (Å²) in [6.45, 7) is 2.26. The Morgan fingerprint density at radius 3 is 2.30 bits per heavy atom. The molecular formula is C17H31N3. The molecule has 3 nitrogen and oxygen atoms in total. The maximum atomic E-state index is 5.66. The fraction of sp³-hybridized carbons (Fsp3) is 0.706. The second-order valence-corrected chi connectivity index (χ2v) is 5.67. The lowest BCUT2D eigenvalue weighted by Crippen LogP contribution is -2.35. The van der Waals surface area contributed by atoms with Crippen LogP contribution in [-0.2, 0) is 6.42 Å². The number of hydrogen-bond donors (Lipinski definition) is 2. The van der Waals surface area contributed by atoms with E-state index in [4.69, 9.17) is 5.84 Å². The lowest BCUT2D eigenvalue weighted by Gasteiger charge is -2.15. The minimum atomic E-state index is 0.443. The molecule has 1 aromatic heterocycles. The van der Waals surface area contributed by atoms with Gasteiger partial charge < -0.3 is 0 Å². The van der Waals surface area contributed by atoms with Crippen molar-refractivity contribution in [2.45, 2.75) is 77.2 Å². The van der Waals surface area contributed by atoms with Crippen molar-refractivity contribution in [3.05, 3.63) is 30.1 Å². The second-order valence-electron chi connectivity index (χ2n) is 5.67. The molecule has 1 heterocycles. The summed E-state index contributed by atoms with van der Waals surface area (Å²) in [4.78, 5) is 4.04. The highest BCUT2D eigenvalue weighted by Gasteiger charge is 2.06. The van der Waals surface area contributed by atoms with Gasteiger partial charge in [0, 0.05) is 18.4 Å². The van der Waals surface area contributed by atoms with Gasteiger partial charge in [-0.1, -0.05) is 51.9 Å². The van der Waals surface area contributed by atoms with E-state index in [1.807, 2.05) is 12.4 Å². The number of aromatic nitrogens is 1. The van der Waals surface area contributed by atoms with E-state index >= 15 is 0 Å². The smallest absolute Gasteiger partial charge is 0.0270 e. The largest absolute Gasteiger partial charge is 0.271 e. The van der Waals surface area contributed by atoms with Crippen LogP contribution in [0.15, 0.2) is 24.5 Å². The molecule has 20 heavy (non-hydrogen) atoms. The molecule has 1 atom stereocenters. The molecule has 1 aromatic rings. The predicted molar refractivity (Wildman–Crippen MR) is 86.3 cm³/mol. The van der Waals surface area contributed by atoms with Gasteiger partial charge in [0.25, 0.3) is 0 Å². The molecule has 1 unspecified atom stereocenters. The molecule has 114 valence electrons. The van der Waals surface area contributed by atoms with Crippen LogP contribution in [0.3, 0.4) is 0 Å². The summed E-state index contributed by atoms with van der Waals surface area (Å²) in [5.74, 6) is 5.66. The van der Waals surface area contributed by atoms with Gasteiger partial charge >= 0.3 is 0 Å². The Bertz CT molecular complexity index is 313. The zero-order valence-corrected chi connectivity index (χ0v) is 13.0. The Labute approximate surface area is 124 Å². The number of nitrogens with two attached hydrogens (primary N) is 1. The Morgan fingerprint density at radius 2 is 1.65 bits per heavy atom. The Balaban J connectivity index is 2.04. The summed E-state index contributed by atoms with van der Waals surface area (Å²) >= 11 is 0. The number of rotatable bonds is 12. The van der Waals surface area contributed by atoms with Crippen molar-refractivity contribution in [2.24, 2.45) is 5.84 Å². The molecule has 0 saturated heterocycles. The molecule has 3 N–H and O–H groups in total. The van der Waals surface area contributed by atoms with E-state index in [2.05, 4.69) is 29.5 Å². The number of unbranched alkanes of at least 4 members (excludes halogenated alkanes) is 6. The van der Waals surface area contributed by atoms with Gasteiger partial charge in [-0.15, -0.1) is 0 Å². The number of aryl methyl sites for hydroxylation is 1. The van der Waals surface area contributed by atoms with Crippen molar-refractivity contribution >= 4 is 0 Å². The van der Waals surface area contributed by atoms with Crippen LogP contribution >= 0.6 is 0 Å². The van der Waals surface area contributed by atoms with Crippen LogP contribution in [0.2, 0.25) is 0 Å². The SMILES string of the molecule is CCCCCCCCCC(CCc1ccncc1)NN. The molecule has 0 radical (unpaired) electrons. The number of hydrogen-bond acceptors (Lipinski definition) is 3. The van der Waals surface area contributed by atoms with E-state index in [1.54, 1.807) is 0 Å².